The number of nitrogens with zero attached hydrogens (tertiary/aromatic N) is 2. The number of anilines is 3. The van der Waals surface area contributed by atoms with Gasteiger partial charge in [-0.1, -0.05) is 0 Å². The Hall–Kier alpha value is -3.16. The summed E-state index contributed by atoms with van der Waals surface area (Å²) in [7, 11) is 0. The molecule has 2 aliphatic rings. The van der Waals surface area contributed by atoms with Gasteiger partial charge in [0.2, 0.25) is 5.91 Å². The number of benzene rings is 1. The standard InChI is InChI=1S/C17H17N5O3/c1-3-25-16(24)17(2)9-6-12-13(7-11(9)22-15(17)23)21-14(20-12)10-4-5-18-8-19-10/h4-8,14,20-21H,3H2,1-2H3,(H,22,23). The molecule has 0 fully saturated rings. The highest BCUT2D eigenvalue weighted by Gasteiger charge is 2.51. The van der Waals surface area contributed by atoms with Gasteiger partial charge in [0.15, 0.2) is 5.41 Å². The lowest BCUT2D eigenvalue weighted by Crippen LogP contribution is -2.40. The van der Waals surface area contributed by atoms with Gasteiger partial charge in [0.1, 0.15) is 12.5 Å². The van der Waals surface area contributed by atoms with E-state index in [4.69, 9.17) is 4.74 Å². The number of hydrogen-bond donors (Lipinski definition) is 3. The fraction of sp³-hybridized carbons (Fsp3) is 0.294. The van der Waals surface area contributed by atoms with E-state index in [2.05, 4.69) is 25.9 Å². The molecule has 8 nitrogen and oxygen atoms in total. The number of nitrogens with one attached hydrogen (secondary N) is 3. The molecule has 0 spiro atoms. The Kier molecular flexibility index (Phi) is 3.34. The van der Waals surface area contributed by atoms with Crippen LogP contribution in [0.4, 0.5) is 17.1 Å². The number of carbonyl (C=O) groups excluding carboxylic acids is 2. The van der Waals surface area contributed by atoms with E-state index in [0.29, 0.717) is 11.3 Å². The number of esters is 1. The first-order valence-corrected chi connectivity index (χ1v) is 8.00. The van der Waals surface area contributed by atoms with Crippen molar-refractivity contribution in [3.63, 3.8) is 0 Å². The van der Waals surface area contributed by atoms with E-state index in [1.165, 1.54) is 6.33 Å². The van der Waals surface area contributed by atoms with Crippen LogP contribution < -0.4 is 16.0 Å². The van der Waals surface area contributed by atoms with Crippen LogP contribution in [0.3, 0.4) is 0 Å². The van der Waals surface area contributed by atoms with Crippen molar-refractivity contribution in [2.75, 3.05) is 22.6 Å². The second-order valence-electron chi connectivity index (χ2n) is 6.10. The maximum Gasteiger partial charge on any atom is 0.326 e. The summed E-state index contributed by atoms with van der Waals surface area (Å²) in [6.45, 7) is 3.52. The fourth-order valence-electron chi connectivity index (χ4n) is 3.17. The number of rotatable bonds is 3. The van der Waals surface area contributed by atoms with E-state index in [1.807, 2.05) is 18.2 Å². The minimum Gasteiger partial charge on any atom is -0.465 e. The Bertz CT molecular complexity index is 870. The van der Waals surface area contributed by atoms with Crippen LogP contribution in [0.1, 0.15) is 31.3 Å². The summed E-state index contributed by atoms with van der Waals surface area (Å²) in [6.07, 6.45) is 2.96. The molecule has 25 heavy (non-hydrogen) atoms. The van der Waals surface area contributed by atoms with Gasteiger partial charge in [0.05, 0.1) is 23.7 Å². The smallest absolute Gasteiger partial charge is 0.326 e. The zero-order valence-corrected chi connectivity index (χ0v) is 13.8. The van der Waals surface area contributed by atoms with E-state index in [1.54, 1.807) is 20.0 Å². The number of amides is 1. The molecule has 0 radical (unpaired) electrons. The lowest BCUT2D eigenvalue weighted by molar-refractivity contribution is -0.152. The molecule has 0 aliphatic carbocycles. The molecular weight excluding hydrogens is 322 g/mol. The van der Waals surface area contributed by atoms with Crippen LogP contribution in [0.2, 0.25) is 0 Å². The largest absolute Gasteiger partial charge is 0.465 e. The summed E-state index contributed by atoms with van der Waals surface area (Å²) in [4.78, 5) is 33.0. The second kappa shape index (κ2) is 5.44. The maximum atomic E-state index is 12.4. The molecule has 2 atom stereocenters. The molecule has 2 unspecified atom stereocenters. The Morgan fingerprint density at radius 1 is 1.28 bits per heavy atom. The SMILES string of the molecule is CCOC(=O)C1(C)C(=O)Nc2cc3c(cc21)NC(c1ccncn1)N3. The molecule has 2 aliphatic heterocycles. The van der Waals surface area contributed by atoms with E-state index in [0.717, 1.165) is 17.1 Å². The highest BCUT2D eigenvalue weighted by Crippen LogP contribution is 2.46. The lowest BCUT2D eigenvalue weighted by atomic mass is 9.83. The molecule has 2 aromatic rings. The van der Waals surface area contributed by atoms with Crippen molar-refractivity contribution < 1.29 is 14.3 Å². The van der Waals surface area contributed by atoms with Gasteiger partial charge in [0, 0.05) is 17.4 Å². The maximum absolute atomic E-state index is 12.4. The highest BCUT2D eigenvalue weighted by molar-refractivity contribution is 6.19. The molecule has 1 aromatic carbocycles. The van der Waals surface area contributed by atoms with Crippen molar-refractivity contribution >= 4 is 28.9 Å². The van der Waals surface area contributed by atoms with Gasteiger partial charge < -0.3 is 20.7 Å². The predicted molar refractivity (Wildman–Crippen MR) is 91.1 cm³/mol. The first-order valence-electron chi connectivity index (χ1n) is 8.00. The zero-order valence-electron chi connectivity index (χ0n) is 13.8. The molecule has 3 heterocycles. The first-order chi connectivity index (χ1) is 12.0. The van der Waals surface area contributed by atoms with E-state index in [-0.39, 0.29) is 18.7 Å². The quantitative estimate of drug-likeness (QED) is 0.578. The average Bonchev–Trinajstić information content (AvgIpc) is 3.14. The molecular formula is C17H17N5O3. The van der Waals surface area contributed by atoms with Crippen molar-refractivity contribution in [2.45, 2.75) is 25.4 Å². The highest BCUT2D eigenvalue weighted by atomic mass is 16.5. The van der Waals surface area contributed by atoms with Gasteiger partial charge >= 0.3 is 5.97 Å². The molecule has 1 amide bonds. The van der Waals surface area contributed by atoms with Crippen LogP contribution in [0.25, 0.3) is 0 Å². The van der Waals surface area contributed by atoms with E-state index < -0.39 is 11.4 Å². The van der Waals surface area contributed by atoms with Crippen molar-refractivity contribution in [1.82, 2.24) is 9.97 Å². The van der Waals surface area contributed by atoms with Crippen LogP contribution in [0.15, 0.2) is 30.7 Å². The molecule has 0 saturated heterocycles. The summed E-state index contributed by atoms with van der Waals surface area (Å²) < 4.78 is 5.11. The molecule has 0 bridgehead atoms. The second-order valence-corrected chi connectivity index (χ2v) is 6.10. The van der Waals surface area contributed by atoms with Gasteiger partial charge in [-0.25, -0.2) is 9.97 Å². The van der Waals surface area contributed by atoms with Crippen molar-refractivity contribution in [1.29, 1.82) is 0 Å². The predicted octanol–water partition coefficient (Wildman–Crippen LogP) is 1.79. The third-order valence-electron chi connectivity index (χ3n) is 4.58. The lowest BCUT2D eigenvalue weighted by Gasteiger charge is -2.20. The molecule has 3 N–H and O–H groups in total. The Balaban J connectivity index is 1.71. The van der Waals surface area contributed by atoms with Crippen molar-refractivity contribution in [3.8, 4) is 0 Å². The van der Waals surface area contributed by atoms with Gasteiger partial charge in [-0.05, 0) is 32.0 Å². The number of fused-ring (bicyclic) bond motifs is 2. The summed E-state index contributed by atoms with van der Waals surface area (Å²) >= 11 is 0. The van der Waals surface area contributed by atoms with E-state index >= 15 is 0 Å². The van der Waals surface area contributed by atoms with Gasteiger partial charge in [-0.3, -0.25) is 9.59 Å². The van der Waals surface area contributed by atoms with Crippen LogP contribution in [0, 0.1) is 0 Å². The third-order valence-corrected chi connectivity index (χ3v) is 4.58. The zero-order chi connectivity index (χ0) is 17.6. The third kappa shape index (κ3) is 2.21. The number of carbonyl (C=O) groups is 2. The van der Waals surface area contributed by atoms with Gasteiger partial charge in [0.25, 0.3) is 0 Å². The van der Waals surface area contributed by atoms with Gasteiger partial charge in [-0.15, -0.1) is 0 Å². The summed E-state index contributed by atoms with van der Waals surface area (Å²) in [6, 6.07) is 5.45. The number of hydrogen-bond acceptors (Lipinski definition) is 7. The Labute approximate surface area is 144 Å². The normalized spacial score (nSPS) is 23.1. The molecule has 0 saturated carbocycles. The Morgan fingerprint density at radius 2 is 2.04 bits per heavy atom. The fourth-order valence-corrected chi connectivity index (χ4v) is 3.17. The molecule has 4 rings (SSSR count). The summed E-state index contributed by atoms with van der Waals surface area (Å²) in [5.74, 6) is -0.929. The monoisotopic (exact) mass is 339 g/mol. The number of aromatic nitrogens is 2. The van der Waals surface area contributed by atoms with Crippen LogP contribution >= 0.6 is 0 Å². The first kappa shape index (κ1) is 15.4. The van der Waals surface area contributed by atoms with Crippen LogP contribution in [-0.4, -0.2) is 28.5 Å². The van der Waals surface area contributed by atoms with Gasteiger partial charge in [-0.2, -0.15) is 0 Å². The number of ether oxygens (including phenoxy) is 1. The minimum atomic E-state index is -1.35. The molecule has 128 valence electrons. The summed E-state index contributed by atoms with van der Waals surface area (Å²) in [5, 5.41) is 9.40. The molecule has 1 aromatic heterocycles. The topological polar surface area (TPSA) is 105 Å². The van der Waals surface area contributed by atoms with Crippen LogP contribution in [-0.2, 0) is 19.7 Å². The average molecular weight is 339 g/mol. The van der Waals surface area contributed by atoms with E-state index in [9.17, 15) is 9.59 Å². The van der Waals surface area contributed by atoms with Crippen molar-refractivity contribution in [2.24, 2.45) is 0 Å². The molecule has 8 heteroatoms. The Morgan fingerprint density at radius 3 is 2.72 bits per heavy atom. The minimum absolute atomic E-state index is 0.204. The van der Waals surface area contributed by atoms with Crippen molar-refractivity contribution in [3.05, 3.63) is 42.0 Å². The van der Waals surface area contributed by atoms with Crippen LogP contribution in [0.5, 0.6) is 0 Å². The summed E-state index contributed by atoms with van der Waals surface area (Å²) in [5.41, 5.74) is 2.28.